The molecule has 118 valence electrons. The molecule has 0 atom stereocenters. The van der Waals surface area contributed by atoms with Gasteiger partial charge in [0.2, 0.25) is 0 Å². The Morgan fingerprint density at radius 1 is 1.30 bits per heavy atom. The van der Waals surface area contributed by atoms with Crippen molar-refractivity contribution in [3.8, 4) is 6.07 Å². The fourth-order valence-corrected chi connectivity index (χ4v) is 3.46. The zero-order valence-corrected chi connectivity index (χ0v) is 13.6. The van der Waals surface area contributed by atoms with Crippen LogP contribution in [0, 0.1) is 24.2 Å². The molecular weight excluding hydrogens is 284 g/mol. The zero-order valence-electron chi connectivity index (χ0n) is 13.6. The maximum absolute atomic E-state index is 8.99. The van der Waals surface area contributed by atoms with Gasteiger partial charge in [0.05, 0.1) is 11.6 Å². The number of aromatic nitrogens is 2. The molecule has 0 N–H and O–H groups in total. The molecule has 23 heavy (non-hydrogen) atoms. The first-order valence-electron chi connectivity index (χ1n) is 8.46. The van der Waals surface area contributed by atoms with Crippen LogP contribution >= 0.6 is 0 Å². The number of hydrogen-bond acceptors (Lipinski definition) is 3. The molecule has 0 bridgehead atoms. The maximum Gasteiger partial charge on any atom is 0.114 e. The van der Waals surface area contributed by atoms with E-state index in [9.17, 15) is 0 Å². The van der Waals surface area contributed by atoms with Crippen LogP contribution in [0.5, 0.6) is 0 Å². The number of hydrogen-bond donors (Lipinski definition) is 0. The molecule has 4 heteroatoms. The molecule has 2 aromatic rings. The number of aryl methyl sites for hydroxylation is 1. The Morgan fingerprint density at radius 2 is 2.13 bits per heavy atom. The van der Waals surface area contributed by atoms with Crippen LogP contribution in [0.4, 0.5) is 0 Å². The van der Waals surface area contributed by atoms with Gasteiger partial charge in [-0.05, 0) is 43.4 Å². The SMILES string of the molecule is Cc1cnc(C2CN(Cc3cccc(C#N)c3)C2)n1CC1CC1. The monoisotopic (exact) mass is 306 g/mol. The second-order valence-corrected chi connectivity index (χ2v) is 7.01. The van der Waals surface area contributed by atoms with Crippen molar-refractivity contribution in [2.45, 2.75) is 38.8 Å². The Morgan fingerprint density at radius 3 is 2.87 bits per heavy atom. The summed E-state index contributed by atoms with van der Waals surface area (Å²) in [5.41, 5.74) is 3.27. The average molecular weight is 306 g/mol. The van der Waals surface area contributed by atoms with Crippen molar-refractivity contribution in [1.29, 1.82) is 5.26 Å². The first kappa shape index (κ1) is 14.5. The standard InChI is InChI=1S/C19H22N4/c1-14-9-21-19(23(14)11-15-5-6-15)18-12-22(13-18)10-17-4-2-3-16(7-17)8-20/h2-4,7,9,15,18H,5-6,10-13H2,1H3. The summed E-state index contributed by atoms with van der Waals surface area (Å²) in [4.78, 5) is 7.12. The lowest BCUT2D eigenvalue weighted by Gasteiger charge is -2.39. The Kier molecular flexibility index (Phi) is 3.66. The summed E-state index contributed by atoms with van der Waals surface area (Å²) < 4.78 is 2.44. The number of nitriles is 1. The lowest BCUT2D eigenvalue weighted by atomic mass is 9.97. The molecule has 1 saturated heterocycles. The highest BCUT2D eigenvalue weighted by Crippen LogP contribution is 2.34. The number of likely N-dealkylation sites (tertiary alicyclic amines) is 1. The second kappa shape index (κ2) is 5.82. The summed E-state index contributed by atoms with van der Waals surface area (Å²) in [5, 5.41) is 8.99. The van der Waals surface area contributed by atoms with Gasteiger partial charge in [-0.25, -0.2) is 4.98 Å². The van der Waals surface area contributed by atoms with Crippen LogP contribution in [0.1, 0.15) is 41.4 Å². The largest absolute Gasteiger partial charge is 0.332 e. The number of rotatable bonds is 5. The summed E-state index contributed by atoms with van der Waals surface area (Å²) in [7, 11) is 0. The highest BCUT2D eigenvalue weighted by Gasteiger charge is 2.33. The molecule has 1 aliphatic heterocycles. The van der Waals surface area contributed by atoms with E-state index >= 15 is 0 Å². The minimum Gasteiger partial charge on any atom is -0.332 e. The van der Waals surface area contributed by atoms with Crippen LogP contribution in [0.25, 0.3) is 0 Å². The third kappa shape index (κ3) is 3.02. The van der Waals surface area contributed by atoms with E-state index in [2.05, 4.69) is 33.5 Å². The number of imidazole rings is 1. The molecule has 1 saturated carbocycles. The van der Waals surface area contributed by atoms with E-state index < -0.39 is 0 Å². The first-order chi connectivity index (χ1) is 11.2. The van der Waals surface area contributed by atoms with Gasteiger partial charge in [-0.1, -0.05) is 12.1 Å². The molecule has 2 heterocycles. The summed E-state index contributed by atoms with van der Waals surface area (Å²) >= 11 is 0. The van der Waals surface area contributed by atoms with E-state index in [0.717, 1.165) is 37.7 Å². The molecule has 0 unspecified atom stereocenters. The zero-order chi connectivity index (χ0) is 15.8. The third-order valence-electron chi connectivity index (χ3n) is 5.01. The lowest BCUT2D eigenvalue weighted by Crippen LogP contribution is -2.45. The van der Waals surface area contributed by atoms with E-state index in [1.54, 1.807) is 0 Å². The fraction of sp³-hybridized carbons (Fsp3) is 0.474. The maximum atomic E-state index is 8.99. The van der Waals surface area contributed by atoms with Crippen molar-refractivity contribution in [2.24, 2.45) is 5.92 Å². The molecule has 1 aliphatic carbocycles. The lowest BCUT2D eigenvalue weighted by molar-refractivity contribution is 0.132. The van der Waals surface area contributed by atoms with Gasteiger partial charge < -0.3 is 4.57 Å². The van der Waals surface area contributed by atoms with Gasteiger partial charge in [-0.3, -0.25) is 4.90 Å². The van der Waals surface area contributed by atoms with Gasteiger partial charge in [-0.15, -0.1) is 0 Å². The van der Waals surface area contributed by atoms with Crippen molar-refractivity contribution in [1.82, 2.24) is 14.5 Å². The van der Waals surface area contributed by atoms with Crippen LogP contribution in [0.2, 0.25) is 0 Å². The topological polar surface area (TPSA) is 44.9 Å². The predicted octanol–water partition coefficient (Wildman–Crippen LogP) is 3.07. The molecule has 4 nitrogen and oxygen atoms in total. The van der Waals surface area contributed by atoms with Gasteiger partial charge >= 0.3 is 0 Å². The van der Waals surface area contributed by atoms with Crippen molar-refractivity contribution in [3.63, 3.8) is 0 Å². The van der Waals surface area contributed by atoms with E-state index in [1.165, 1.54) is 29.9 Å². The van der Waals surface area contributed by atoms with E-state index in [1.807, 2.05) is 24.4 Å². The summed E-state index contributed by atoms with van der Waals surface area (Å²) in [6, 6.07) is 10.1. The third-order valence-corrected chi connectivity index (χ3v) is 5.01. The smallest absolute Gasteiger partial charge is 0.114 e. The summed E-state index contributed by atoms with van der Waals surface area (Å²) in [6.07, 6.45) is 4.78. The van der Waals surface area contributed by atoms with Gasteiger partial charge in [0.1, 0.15) is 5.82 Å². The predicted molar refractivity (Wildman–Crippen MR) is 88.9 cm³/mol. The minimum absolute atomic E-state index is 0.557. The highest BCUT2D eigenvalue weighted by atomic mass is 15.2. The molecule has 1 aromatic heterocycles. The normalized spacial score (nSPS) is 18.6. The van der Waals surface area contributed by atoms with E-state index in [0.29, 0.717) is 5.92 Å². The summed E-state index contributed by atoms with van der Waals surface area (Å²) in [6.45, 7) is 6.38. The van der Waals surface area contributed by atoms with Crippen molar-refractivity contribution < 1.29 is 0 Å². The number of nitrogens with zero attached hydrogens (tertiary/aromatic N) is 4. The minimum atomic E-state index is 0.557. The number of benzene rings is 1. The Hall–Kier alpha value is -2.12. The molecule has 0 amide bonds. The van der Waals surface area contributed by atoms with Crippen LogP contribution in [0.15, 0.2) is 30.5 Å². The van der Waals surface area contributed by atoms with Gasteiger partial charge in [0, 0.05) is 44.0 Å². The molecule has 2 fully saturated rings. The first-order valence-corrected chi connectivity index (χ1v) is 8.46. The molecule has 0 spiro atoms. The van der Waals surface area contributed by atoms with Crippen LogP contribution < -0.4 is 0 Å². The average Bonchev–Trinajstić information content (AvgIpc) is 3.28. The van der Waals surface area contributed by atoms with E-state index in [-0.39, 0.29) is 0 Å². The van der Waals surface area contributed by atoms with E-state index in [4.69, 9.17) is 5.26 Å². The molecule has 4 rings (SSSR count). The Labute approximate surface area is 137 Å². The molecule has 1 aromatic carbocycles. The quantitative estimate of drug-likeness (QED) is 0.853. The molecule has 0 radical (unpaired) electrons. The van der Waals surface area contributed by atoms with Gasteiger partial charge in [0.25, 0.3) is 0 Å². The fourth-order valence-electron chi connectivity index (χ4n) is 3.46. The highest BCUT2D eigenvalue weighted by molar-refractivity contribution is 5.32. The Bertz CT molecular complexity index is 745. The van der Waals surface area contributed by atoms with Crippen molar-refractivity contribution in [2.75, 3.05) is 13.1 Å². The molecular formula is C19H22N4. The Balaban J connectivity index is 1.39. The molecule has 2 aliphatic rings. The van der Waals surface area contributed by atoms with Gasteiger partial charge in [0.15, 0.2) is 0 Å². The van der Waals surface area contributed by atoms with Crippen LogP contribution in [0.3, 0.4) is 0 Å². The van der Waals surface area contributed by atoms with Crippen molar-refractivity contribution in [3.05, 3.63) is 53.1 Å². The van der Waals surface area contributed by atoms with Crippen LogP contribution in [-0.2, 0) is 13.1 Å². The second-order valence-electron chi connectivity index (χ2n) is 7.01. The summed E-state index contributed by atoms with van der Waals surface area (Å²) in [5.74, 6) is 2.71. The van der Waals surface area contributed by atoms with Crippen molar-refractivity contribution >= 4 is 0 Å². The van der Waals surface area contributed by atoms with Gasteiger partial charge in [-0.2, -0.15) is 5.26 Å². The van der Waals surface area contributed by atoms with Crippen LogP contribution in [-0.4, -0.2) is 27.5 Å².